The normalized spacial score (nSPS) is 42.2. The molecule has 0 unspecified atom stereocenters. The van der Waals surface area contributed by atoms with E-state index in [9.17, 15) is 0 Å². The van der Waals surface area contributed by atoms with Crippen molar-refractivity contribution in [2.45, 2.75) is 18.6 Å². The van der Waals surface area contributed by atoms with Crippen molar-refractivity contribution in [1.29, 1.82) is 0 Å². The molecular weight excluding hydrogens is 130 g/mol. The number of fused-ring (bicyclic) bond motifs is 1. The number of epoxide rings is 1. The van der Waals surface area contributed by atoms with Crippen LogP contribution in [-0.4, -0.2) is 25.0 Å². The number of ether oxygens (including phenoxy) is 2. The molecule has 0 aromatic heterocycles. The predicted molar refractivity (Wildman–Crippen MR) is 36.9 cm³/mol. The third-order valence-electron chi connectivity index (χ3n) is 1.84. The first-order valence-electron chi connectivity index (χ1n) is 3.23. The van der Waals surface area contributed by atoms with Crippen molar-refractivity contribution in [2.75, 3.05) is 7.11 Å². The zero-order chi connectivity index (χ0) is 7.19. The summed E-state index contributed by atoms with van der Waals surface area (Å²) in [4.78, 5) is 4.00. The average molecular weight is 139 g/mol. The second-order valence-corrected chi connectivity index (χ2v) is 2.69. The van der Waals surface area contributed by atoms with E-state index in [-0.39, 0.29) is 11.7 Å². The number of hydrogen-bond acceptors (Lipinski definition) is 3. The molecule has 1 fully saturated rings. The summed E-state index contributed by atoms with van der Waals surface area (Å²) in [5.41, 5.74) is -0.118. The molecule has 2 rings (SSSR count). The Morgan fingerprint density at radius 1 is 1.80 bits per heavy atom. The van der Waals surface area contributed by atoms with Crippen molar-refractivity contribution >= 4 is 6.21 Å². The van der Waals surface area contributed by atoms with Crippen LogP contribution in [0.25, 0.3) is 0 Å². The van der Waals surface area contributed by atoms with Crippen LogP contribution in [0, 0.1) is 0 Å². The number of aliphatic imine (C=N–C) groups is 1. The van der Waals surface area contributed by atoms with Crippen molar-refractivity contribution in [3.8, 4) is 0 Å². The first kappa shape index (κ1) is 5.92. The Balaban J connectivity index is 2.24. The Hall–Kier alpha value is -0.830. The molecule has 0 aliphatic carbocycles. The standard InChI is InChI=1S/C7H9NO2/c1-7-3-6(9-2)8-4-5(7)10-7/h3-5H,1-2H3/t5-,7+/m1/s1. The first-order valence-corrected chi connectivity index (χ1v) is 3.23. The minimum Gasteiger partial charge on any atom is -0.481 e. The van der Waals surface area contributed by atoms with Gasteiger partial charge in [0.1, 0.15) is 11.7 Å². The molecule has 0 aromatic rings. The van der Waals surface area contributed by atoms with Gasteiger partial charge in [-0.1, -0.05) is 0 Å². The van der Waals surface area contributed by atoms with Gasteiger partial charge >= 0.3 is 0 Å². The Morgan fingerprint density at radius 2 is 2.60 bits per heavy atom. The van der Waals surface area contributed by atoms with Gasteiger partial charge in [-0.25, -0.2) is 4.99 Å². The topological polar surface area (TPSA) is 34.1 Å². The molecule has 0 N–H and O–H groups in total. The summed E-state index contributed by atoms with van der Waals surface area (Å²) in [7, 11) is 1.61. The van der Waals surface area contributed by atoms with E-state index in [1.54, 1.807) is 13.3 Å². The Labute approximate surface area is 59.4 Å². The van der Waals surface area contributed by atoms with Crippen LogP contribution in [0.1, 0.15) is 6.92 Å². The second-order valence-electron chi connectivity index (χ2n) is 2.69. The highest BCUT2D eigenvalue weighted by atomic mass is 16.6. The molecule has 0 aromatic carbocycles. The lowest BCUT2D eigenvalue weighted by molar-refractivity contribution is 0.279. The fraction of sp³-hybridized carbons (Fsp3) is 0.571. The molecule has 1 saturated heterocycles. The molecule has 2 atom stereocenters. The number of methoxy groups -OCH3 is 1. The summed E-state index contributed by atoms with van der Waals surface area (Å²) < 4.78 is 10.2. The number of hydrogen-bond donors (Lipinski definition) is 0. The summed E-state index contributed by atoms with van der Waals surface area (Å²) in [6, 6.07) is 0. The van der Waals surface area contributed by atoms with Gasteiger partial charge in [0.2, 0.25) is 5.88 Å². The summed E-state index contributed by atoms with van der Waals surface area (Å²) in [5, 5.41) is 0. The summed E-state index contributed by atoms with van der Waals surface area (Å²) in [6.45, 7) is 2.02. The Bertz CT molecular complexity index is 222. The van der Waals surface area contributed by atoms with Crippen LogP contribution in [0.3, 0.4) is 0 Å². The quantitative estimate of drug-likeness (QED) is 0.501. The van der Waals surface area contributed by atoms with Gasteiger partial charge in [0, 0.05) is 12.3 Å². The van der Waals surface area contributed by atoms with Crippen LogP contribution in [0.15, 0.2) is 17.0 Å². The minimum absolute atomic E-state index is 0.118. The van der Waals surface area contributed by atoms with Crippen molar-refractivity contribution in [3.05, 3.63) is 12.0 Å². The molecule has 2 aliphatic heterocycles. The Kier molecular flexibility index (Phi) is 0.951. The molecule has 0 radical (unpaired) electrons. The molecule has 0 spiro atoms. The fourth-order valence-electron chi connectivity index (χ4n) is 1.07. The molecule has 0 amide bonds. The maximum atomic E-state index is 5.29. The average Bonchev–Trinajstić information content (AvgIpc) is 2.58. The third-order valence-corrected chi connectivity index (χ3v) is 1.84. The molecule has 2 aliphatic rings. The molecule has 3 heteroatoms. The fourth-order valence-corrected chi connectivity index (χ4v) is 1.07. The maximum Gasteiger partial charge on any atom is 0.211 e. The van der Waals surface area contributed by atoms with Crippen LogP contribution in [0.2, 0.25) is 0 Å². The van der Waals surface area contributed by atoms with E-state index in [0.29, 0.717) is 5.88 Å². The highest BCUT2D eigenvalue weighted by Crippen LogP contribution is 2.39. The van der Waals surface area contributed by atoms with Crippen LogP contribution >= 0.6 is 0 Å². The first-order chi connectivity index (χ1) is 4.74. The zero-order valence-corrected chi connectivity index (χ0v) is 6.00. The maximum absolute atomic E-state index is 5.29. The van der Waals surface area contributed by atoms with Crippen molar-refractivity contribution in [2.24, 2.45) is 4.99 Å². The SMILES string of the molecule is COC1=C[C@]2(C)O[C@@H]2C=N1. The summed E-state index contributed by atoms with van der Waals surface area (Å²) >= 11 is 0. The van der Waals surface area contributed by atoms with Gasteiger partial charge in [-0.3, -0.25) is 0 Å². The highest BCUT2D eigenvalue weighted by molar-refractivity contribution is 5.72. The van der Waals surface area contributed by atoms with Gasteiger partial charge in [0.25, 0.3) is 0 Å². The molecular formula is C7H9NO2. The minimum atomic E-state index is -0.118. The zero-order valence-electron chi connectivity index (χ0n) is 6.00. The number of rotatable bonds is 1. The van der Waals surface area contributed by atoms with Crippen molar-refractivity contribution < 1.29 is 9.47 Å². The van der Waals surface area contributed by atoms with Crippen molar-refractivity contribution in [3.63, 3.8) is 0 Å². The van der Waals surface area contributed by atoms with Gasteiger partial charge in [-0.15, -0.1) is 0 Å². The van der Waals surface area contributed by atoms with Gasteiger partial charge in [0.05, 0.1) is 7.11 Å². The highest BCUT2D eigenvalue weighted by Gasteiger charge is 2.51. The van der Waals surface area contributed by atoms with E-state index < -0.39 is 0 Å². The molecule has 10 heavy (non-hydrogen) atoms. The van der Waals surface area contributed by atoms with Gasteiger partial charge < -0.3 is 9.47 Å². The van der Waals surface area contributed by atoms with E-state index in [4.69, 9.17) is 9.47 Å². The van der Waals surface area contributed by atoms with Crippen LogP contribution in [-0.2, 0) is 9.47 Å². The lowest BCUT2D eigenvalue weighted by Crippen LogP contribution is -2.12. The molecule has 0 saturated carbocycles. The largest absolute Gasteiger partial charge is 0.481 e. The van der Waals surface area contributed by atoms with Crippen LogP contribution < -0.4 is 0 Å². The Morgan fingerprint density at radius 3 is 3.20 bits per heavy atom. The molecule has 0 bridgehead atoms. The van der Waals surface area contributed by atoms with E-state index in [0.717, 1.165) is 0 Å². The van der Waals surface area contributed by atoms with Gasteiger partial charge in [0.15, 0.2) is 0 Å². The summed E-state index contributed by atoms with van der Waals surface area (Å²) in [5.74, 6) is 0.649. The predicted octanol–water partition coefficient (Wildman–Crippen LogP) is 0.716. The molecule has 2 heterocycles. The van der Waals surface area contributed by atoms with Gasteiger partial charge in [-0.2, -0.15) is 0 Å². The molecule has 3 nitrogen and oxygen atoms in total. The third kappa shape index (κ3) is 0.671. The van der Waals surface area contributed by atoms with E-state index in [1.807, 2.05) is 13.0 Å². The van der Waals surface area contributed by atoms with E-state index >= 15 is 0 Å². The van der Waals surface area contributed by atoms with E-state index in [2.05, 4.69) is 4.99 Å². The lowest BCUT2D eigenvalue weighted by atomic mass is 10.1. The number of nitrogens with zero attached hydrogens (tertiary/aromatic N) is 1. The summed E-state index contributed by atoms with van der Waals surface area (Å²) in [6.07, 6.45) is 3.86. The second kappa shape index (κ2) is 1.61. The van der Waals surface area contributed by atoms with Crippen LogP contribution in [0.5, 0.6) is 0 Å². The van der Waals surface area contributed by atoms with E-state index in [1.165, 1.54) is 0 Å². The van der Waals surface area contributed by atoms with Crippen molar-refractivity contribution in [1.82, 2.24) is 0 Å². The van der Waals surface area contributed by atoms with Crippen LogP contribution in [0.4, 0.5) is 0 Å². The monoisotopic (exact) mass is 139 g/mol. The molecule has 54 valence electrons. The lowest BCUT2D eigenvalue weighted by Gasteiger charge is -2.04. The van der Waals surface area contributed by atoms with Gasteiger partial charge in [-0.05, 0) is 6.92 Å². The smallest absolute Gasteiger partial charge is 0.211 e.